The number of hydrogen-bond acceptors (Lipinski definition) is 2. The molecule has 0 spiro atoms. The summed E-state index contributed by atoms with van der Waals surface area (Å²) < 4.78 is 7.74. The molecule has 0 unspecified atom stereocenters. The molecule has 18 heavy (non-hydrogen) atoms. The molecule has 0 aromatic heterocycles. The van der Waals surface area contributed by atoms with Gasteiger partial charge in [0.2, 0.25) is 0 Å². The molecule has 0 aliphatic carbocycles. The maximum Gasteiger partial charge on any atom is 0.140 e. The monoisotopic (exact) mass is 375 g/mol. The van der Waals surface area contributed by atoms with Crippen LogP contribution in [-0.2, 0) is 0 Å². The molecule has 0 amide bonds. The average molecular weight is 377 g/mol. The van der Waals surface area contributed by atoms with E-state index in [2.05, 4.69) is 56.2 Å². The third kappa shape index (κ3) is 4.41. The maximum absolute atomic E-state index is 5.71. The van der Waals surface area contributed by atoms with E-state index in [9.17, 15) is 0 Å². The molecule has 0 saturated carbocycles. The molecule has 1 rings (SSSR count). The van der Waals surface area contributed by atoms with Crippen LogP contribution in [-0.4, -0.2) is 20.2 Å². The molecule has 0 aliphatic rings. The van der Waals surface area contributed by atoms with Gasteiger partial charge in [0.15, 0.2) is 0 Å². The van der Waals surface area contributed by atoms with Crippen LogP contribution in [0, 0.1) is 0 Å². The average Bonchev–Trinajstić information content (AvgIpc) is 2.32. The Morgan fingerprint density at radius 3 is 2.61 bits per heavy atom. The highest BCUT2D eigenvalue weighted by molar-refractivity contribution is 9.11. The molecule has 0 atom stereocenters. The zero-order chi connectivity index (χ0) is 13.5. The van der Waals surface area contributed by atoms with E-state index in [0.29, 0.717) is 6.61 Å². The number of rotatable bonds is 6. The first-order valence-corrected chi connectivity index (χ1v) is 7.66. The van der Waals surface area contributed by atoms with Gasteiger partial charge in [-0.2, -0.15) is 0 Å². The van der Waals surface area contributed by atoms with Crippen LogP contribution < -0.4 is 10.1 Å². The summed E-state index contributed by atoms with van der Waals surface area (Å²) in [6.07, 6.45) is 3.22. The minimum atomic E-state index is 0.661. The molecule has 100 valence electrons. The molecule has 1 aromatic carbocycles. The molecule has 0 fully saturated rings. The number of benzene rings is 1. The first kappa shape index (κ1) is 15.7. The third-order valence-corrected chi connectivity index (χ3v) is 3.59. The summed E-state index contributed by atoms with van der Waals surface area (Å²) in [7, 11) is 1.96. The summed E-state index contributed by atoms with van der Waals surface area (Å²) >= 11 is 7.07. The van der Waals surface area contributed by atoms with Gasteiger partial charge in [-0.15, -0.1) is 0 Å². The summed E-state index contributed by atoms with van der Waals surface area (Å²) in [6, 6.07) is 4.09. The molecular formula is C14H19Br2NO. The number of halogens is 2. The Balaban J connectivity index is 3.19. The summed E-state index contributed by atoms with van der Waals surface area (Å²) in [5, 5.41) is 3.19. The topological polar surface area (TPSA) is 21.3 Å². The lowest BCUT2D eigenvalue weighted by molar-refractivity contribution is 0.337. The Kier molecular flexibility index (Phi) is 6.97. The van der Waals surface area contributed by atoms with E-state index in [1.165, 1.54) is 5.57 Å². The zero-order valence-corrected chi connectivity index (χ0v) is 14.2. The fourth-order valence-corrected chi connectivity index (χ4v) is 3.08. The van der Waals surface area contributed by atoms with Crippen LogP contribution in [0.1, 0.15) is 25.8 Å². The van der Waals surface area contributed by atoms with Crippen LogP contribution in [0.25, 0.3) is 6.08 Å². The summed E-state index contributed by atoms with van der Waals surface area (Å²) in [5.41, 5.74) is 2.45. The molecule has 0 heterocycles. The minimum absolute atomic E-state index is 0.661. The third-order valence-electron chi connectivity index (χ3n) is 2.54. The van der Waals surface area contributed by atoms with E-state index < -0.39 is 0 Å². The van der Waals surface area contributed by atoms with E-state index >= 15 is 0 Å². The lowest BCUT2D eigenvalue weighted by Gasteiger charge is -2.12. The lowest BCUT2D eigenvalue weighted by Crippen LogP contribution is -2.10. The lowest BCUT2D eigenvalue weighted by atomic mass is 10.1. The second-order valence-electron chi connectivity index (χ2n) is 3.93. The smallest absolute Gasteiger partial charge is 0.140 e. The molecule has 0 saturated heterocycles. The quantitative estimate of drug-likeness (QED) is 0.781. The van der Waals surface area contributed by atoms with Gasteiger partial charge in [-0.05, 0) is 48.5 Å². The van der Waals surface area contributed by atoms with Gasteiger partial charge in [0, 0.05) is 16.6 Å². The van der Waals surface area contributed by atoms with E-state index in [1.807, 2.05) is 20.0 Å². The van der Waals surface area contributed by atoms with Gasteiger partial charge in [-0.25, -0.2) is 0 Å². The van der Waals surface area contributed by atoms with Crippen molar-refractivity contribution in [1.82, 2.24) is 5.32 Å². The normalized spacial score (nSPS) is 11.7. The highest BCUT2D eigenvalue weighted by atomic mass is 79.9. The van der Waals surface area contributed by atoms with Crippen LogP contribution in [0.2, 0.25) is 0 Å². The Morgan fingerprint density at radius 2 is 2.06 bits per heavy atom. The van der Waals surface area contributed by atoms with Crippen molar-refractivity contribution in [1.29, 1.82) is 0 Å². The van der Waals surface area contributed by atoms with Crippen LogP contribution in [0.3, 0.4) is 0 Å². The van der Waals surface area contributed by atoms with Crippen molar-refractivity contribution < 1.29 is 4.74 Å². The highest BCUT2D eigenvalue weighted by Gasteiger charge is 2.08. The number of hydrogen-bond donors (Lipinski definition) is 1. The molecule has 0 radical (unpaired) electrons. The fourth-order valence-electron chi connectivity index (χ4n) is 1.71. The van der Waals surface area contributed by atoms with Crippen molar-refractivity contribution in [2.75, 3.05) is 20.2 Å². The Bertz CT molecular complexity index is 430. The molecule has 1 N–H and O–H groups in total. The molecule has 4 heteroatoms. The Morgan fingerprint density at radius 1 is 1.33 bits per heavy atom. The summed E-state index contributed by atoms with van der Waals surface area (Å²) in [6.45, 7) is 5.72. The van der Waals surface area contributed by atoms with Crippen LogP contribution in [0.15, 0.2) is 26.7 Å². The number of nitrogens with one attached hydrogen (secondary N) is 1. The molecule has 0 aliphatic heterocycles. The first-order chi connectivity index (χ1) is 8.62. The van der Waals surface area contributed by atoms with Crippen molar-refractivity contribution in [2.45, 2.75) is 20.3 Å². The number of likely N-dealkylation sites (N-methyl/N-ethyl adjacent to an activating group) is 1. The molecule has 2 nitrogen and oxygen atoms in total. The van der Waals surface area contributed by atoms with Crippen molar-refractivity contribution >= 4 is 37.9 Å². The fraction of sp³-hybridized carbons (Fsp3) is 0.429. The highest BCUT2D eigenvalue weighted by Crippen LogP contribution is 2.34. The van der Waals surface area contributed by atoms with Crippen molar-refractivity contribution in [2.24, 2.45) is 0 Å². The second-order valence-corrected chi connectivity index (χ2v) is 5.70. The Labute approximate surface area is 126 Å². The van der Waals surface area contributed by atoms with Gasteiger partial charge < -0.3 is 10.1 Å². The van der Waals surface area contributed by atoms with E-state index in [-0.39, 0.29) is 0 Å². The van der Waals surface area contributed by atoms with Crippen molar-refractivity contribution in [3.05, 3.63) is 32.2 Å². The summed E-state index contributed by atoms with van der Waals surface area (Å²) in [5.74, 6) is 0.905. The second kappa shape index (κ2) is 7.97. The van der Waals surface area contributed by atoms with Gasteiger partial charge in [0.25, 0.3) is 0 Å². The SMILES string of the molecule is CCOc1c(Br)cc(Br)cc1C=C(CC)CNC. The van der Waals surface area contributed by atoms with Gasteiger partial charge in [-0.3, -0.25) is 0 Å². The maximum atomic E-state index is 5.71. The predicted octanol–water partition coefficient (Wildman–Crippen LogP) is 4.62. The van der Waals surface area contributed by atoms with Gasteiger partial charge >= 0.3 is 0 Å². The van der Waals surface area contributed by atoms with Gasteiger partial charge in [0.1, 0.15) is 5.75 Å². The van der Waals surface area contributed by atoms with Crippen molar-refractivity contribution in [3.8, 4) is 5.75 Å². The van der Waals surface area contributed by atoms with E-state index in [0.717, 1.165) is 33.2 Å². The number of ether oxygens (including phenoxy) is 1. The minimum Gasteiger partial charge on any atom is -0.492 e. The Hall–Kier alpha value is -0.320. The molecule has 1 aromatic rings. The van der Waals surface area contributed by atoms with Gasteiger partial charge in [0.05, 0.1) is 11.1 Å². The predicted molar refractivity (Wildman–Crippen MR) is 85.2 cm³/mol. The van der Waals surface area contributed by atoms with E-state index in [4.69, 9.17) is 4.74 Å². The standard InChI is InChI=1S/C14H19Br2NO/c1-4-10(9-17-3)6-11-7-12(15)8-13(16)14(11)18-5-2/h6-8,17H,4-5,9H2,1-3H3. The summed E-state index contributed by atoms with van der Waals surface area (Å²) in [4.78, 5) is 0. The van der Waals surface area contributed by atoms with Crippen LogP contribution >= 0.6 is 31.9 Å². The van der Waals surface area contributed by atoms with Crippen molar-refractivity contribution in [3.63, 3.8) is 0 Å². The zero-order valence-electron chi connectivity index (χ0n) is 11.0. The first-order valence-electron chi connectivity index (χ1n) is 6.08. The van der Waals surface area contributed by atoms with E-state index in [1.54, 1.807) is 0 Å². The molecule has 0 bridgehead atoms. The molecular weight excluding hydrogens is 358 g/mol. The van der Waals surface area contributed by atoms with Crippen LogP contribution in [0.4, 0.5) is 0 Å². The largest absolute Gasteiger partial charge is 0.492 e. The van der Waals surface area contributed by atoms with Crippen LogP contribution in [0.5, 0.6) is 5.75 Å². The van der Waals surface area contributed by atoms with Gasteiger partial charge in [-0.1, -0.05) is 34.5 Å².